The molecule has 108 valence electrons. The zero-order valence-electron chi connectivity index (χ0n) is 12.2. The Kier molecular flexibility index (Phi) is 3.39. The molecule has 1 aliphatic heterocycles. The van der Waals surface area contributed by atoms with E-state index in [1.807, 2.05) is 42.5 Å². The van der Waals surface area contributed by atoms with Crippen LogP contribution in [0.4, 0.5) is 5.69 Å². The van der Waals surface area contributed by atoms with Gasteiger partial charge in [-0.05, 0) is 34.9 Å². The standard InChI is InChI=1S/C17H18N2O2/c1-19-15-7-6-12(8-13(15)10-16(19)20)17(18)11-4-3-5-14(9-11)21-2/h3-9,17H,10,18H2,1-2H3. The number of nitrogens with zero attached hydrogens (tertiary/aromatic N) is 1. The molecular formula is C17H18N2O2. The average molecular weight is 282 g/mol. The third-order valence-electron chi connectivity index (χ3n) is 3.99. The molecule has 0 spiro atoms. The van der Waals surface area contributed by atoms with E-state index in [-0.39, 0.29) is 11.9 Å². The molecule has 1 aliphatic rings. The molecular weight excluding hydrogens is 264 g/mol. The molecule has 4 heteroatoms. The van der Waals surface area contributed by atoms with E-state index >= 15 is 0 Å². The van der Waals surface area contributed by atoms with Crippen LogP contribution in [-0.2, 0) is 11.2 Å². The van der Waals surface area contributed by atoms with Crippen molar-refractivity contribution in [3.05, 3.63) is 59.2 Å². The Labute approximate surface area is 124 Å². The van der Waals surface area contributed by atoms with Gasteiger partial charge < -0.3 is 15.4 Å². The zero-order chi connectivity index (χ0) is 15.0. The van der Waals surface area contributed by atoms with Gasteiger partial charge in [-0.2, -0.15) is 0 Å². The number of carbonyl (C=O) groups excluding carboxylic acids is 1. The summed E-state index contributed by atoms with van der Waals surface area (Å²) in [6.07, 6.45) is 0.449. The highest BCUT2D eigenvalue weighted by Gasteiger charge is 2.24. The summed E-state index contributed by atoms with van der Waals surface area (Å²) in [5, 5.41) is 0. The van der Waals surface area contributed by atoms with Gasteiger partial charge in [-0.3, -0.25) is 4.79 Å². The first-order chi connectivity index (χ1) is 10.1. The van der Waals surface area contributed by atoms with Gasteiger partial charge >= 0.3 is 0 Å². The molecule has 2 N–H and O–H groups in total. The van der Waals surface area contributed by atoms with Crippen molar-refractivity contribution in [3.63, 3.8) is 0 Å². The molecule has 2 aromatic carbocycles. The third-order valence-corrected chi connectivity index (χ3v) is 3.99. The quantitative estimate of drug-likeness (QED) is 0.939. The van der Waals surface area contributed by atoms with E-state index < -0.39 is 0 Å². The summed E-state index contributed by atoms with van der Waals surface area (Å²) in [4.78, 5) is 13.4. The Hall–Kier alpha value is -2.33. The number of amides is 1. The van der Waals surface area contributed by atoms with Crippen LogP contribution in [0.1, 0.15) is 22.7 Å². The van der Waals surface area contributed by atoms with Crippen LogP contribution in [0, 0.1) is 0 Å². The maximum absolute atomic E-state index is 11.7. The number of benzene rings is 2. The van der Waals surface area contributed by atoms with Crippen molar-refractivity contribution >= 4 is 11.6 Å². The number of rotatable bonds is 3. The van der Waals surface area contributed by atoms with Crippen molar-refractivity contribution in [2.45, 2.75) is 12.5 Å². The Morgan fingerprint density at radius 1 is 1.19 bits per heavy atom. The fourth-order valence-electron chi connectivity index (χ4n) is 2.71. The Bertz CT molecular complexity index is 697. The molecule has 1 heterocycles. The summed E-state index contributed by atoms with van der Waals surface area (Å²) in [5.74, 6) is 0.913. The van der Waals surface area contributed by atoms with Crippen LogP contribution in [0.2, 0.25) is 0 Å². The van der Waals surface area contributed by atoms with E-state index in [0.717, 1.165) is 28.1 Å². The molecule has 0 aromatic heterocycles. The zero-order valence-corrected chi connectivity index (χ0v) is 12.2. The van der Waals surface area contributed by atoms with Gasteiger partial charge in [0.1, 0.15) is 5.75 Å². The van der Waals surface area contributed by atoms with E-state index in [1.165, 1.54) is 0 Å². The molecule has 21 heavy (non-hydrogen) atoms. The second kappa shape index (κ2) is 5.22. The second-order valence-corrected chi connectivity index (χ2v) is 5.27. The maximum atomic E-state index is 11.7. The van der Waals surface area contributed by atoms with Gasteiger partial charge in [0.05, 0.1) is 19.6 Å². The van der Waals surface area contributed by atoms with Crippen LogP contribution >= 0.6 is 0 Å². The average Bonchev–Trinajstić information content (AvgIpc) is 2.81. The highest BCUT2D eigenvalue weighted by molar-refractivity contribution is 6.00. The van der Waals surface area contributed by atoms with E-state index in [9.17, 15) is 4.79 Å². The van der Waals surface area contributed by atoms with Gasteiger partial charge in [0.25, 0.3) is 0 Å². The number of anilines is 1. The van der Waals surface area contributed by atoms with Gasteiger partial charge in [-0.25, -0.2) is 0 Å². The highest BCUT2D eigenvalue weighted by Crippen LogP contribution is 2.31. The number of likely N-dealkylation sites (N-methyl/N-ethyl adjacent to an activating group) is 1. The van der Waals surface area contributed by atoms with E-state index in [0.29, 0.717) is 6.42 Å². The first-order valence-electron chi connectivity index (χ1n) is 6.89. The summed E-state index contributed by atoms with van der Waals surface area (Å²) in [7, 11) is 3.44. The van der Waals surface area contributed by atoms with E-state index in [2.05, 4.69) is 0 Å². The summed E-state index contributed by atoms with van der Waals surface area (Å²) in [5.41, 5.74) is 10.4. The molecule has 0 fully saturated rings. The first-order valence-corrected chi connectivity index (χ1v) is 6.89. The minimum atomic E-state index is -0.230. The largest absolute Gasteiger partial charge is 0.497 e. The predicted molar refractivity (Wildman–Crippen MR) is 82.6 cm³/mol. The van der Waals surface area contributed by atoms with Crippen LogP contribution < -0.4 is 15.4 Å². The Morgan fingerprint density at radius 3 is 2.71 bits per heavy atom. The molecule has 1 unspecified atom stereocenters. The number of methoxy groups -OCH3 is 1. The summed E-state index contributed by atoms with van der Waals surface area (Å²) in [6.45, 7) is 0. The molecule has 1 atom stereocenters. The summed E-state index contributed by atoms with van der Waals surface area (Å²) >= 11 is 0. The van der Waals surface area contributed by atoms with E-state index in [1.54, 1.807) is 19.1 Å². The molecule has 1 amide bonds. The van der Waals surface area contributed by atoms with Gasteiger partial charge in [0.2, 0.25) is 5.91 Å². The number of carbonyl (C=O) groups is 1. The minimum absolute atomic E-state index is 0.122. The lowest BCUT2D eigenvalue weighted by Crippen LogP contribution is -2.20. The van der Waals surface area contributed by atoms with Crippen LogP contribution in [-0.4, -0.2) is 20.1 Å². The van der Waals surface area contributed by atoms with Crippen molar-refractivity contribution in [2.24, 2.45) is 5.73 Å². The molecule has 0 saturated heterocycles. The number of nitrogens with two attached hydrogens (primary N) is 1. The lowest BCUT2D eigenvalue weighted by Gasteiger charge is -2.16. The fourth-order valence-corrected chi connectivity index (χ4v) is 2.71. The number of ether oxygens (including phenoxy) is 1. The lowest BCUT2D eigenvalue weighted by atomic mass is 9.97. The first kappa shape index (κ1) is 13.6. The molecule has 2 aromatic rings. The Morgan fingerprint density at radius 2 is 1.95 bits per heavy atom. The summed E-state index contributed by atoms with van der Waals surface area (Å²) in [6, 6.07) is 13.5. The second-order valence-electron chi connectivity index (χ2n) is 5.27. The van der Waals surface area contributed by atoms with Gasteiger partial charge in [0.15, 0.2) is 0 Å². The molecule has 0 aliphatic carbocycles. The van der Waals surface area contributed by atoms with Crippen LogP contribution in [0.5, 0.6) is 5.75 Å². The molecule has 3 rings (SSSR count). The normalized spacial score (nSPS) is 15.0. The van der Waals surface area contributed by atoms with Crippen molar-refractivity contribution in [1.29, 1.82) is 0 Å². The highest BCUT2D eigenvalue weighted by atomic mass is 16.5. The third kappa shape index (κ3) is 2.38. The van der Waals surface area contributed by atoms with Crippen molar-refractivity contribution < 1.29 is 9.53 Å². The van der Waals surface area contributed by atoms with Crippen molar-refractivity contribution in [3.8, 4) is 5.75 Å². The molecule has 0 bridgehead atoms. The Balaban J connectivity index is 1.94. The van der Waals surface area contributed by atoms with Gasteiger partial charge in [-0.1, -0.05) is 24.3 Å². The predicted octanol–water partition coefficient (Wildman–Crippen LogP) is 2.26. The molecule has 4 nitrogen and oxygen atoms in total. The van der Waals surface area contributed by atoms with Crippen molar-refractivity contribution in [1.82, 2.24) is 0 Å². The van der Waals surface area contributed by atoms with Gasteiger partial charge in [0, 0.05) is 12.7 Å². The van der Waals surface area contributed by atoms with Crippen LogP contribution in [0.3, 0.4) is 0 Å². The molecule has 0 saturated carbocycles. The lowest BCUT2D eigenvalue weighted by molar-refractivity contribution is -0.117. The monoisotopic (exact) mass is 282 g/mol. The minimum Gasteiger partial charge on any atom is -0.497 e. The number of fused-ring (bicyclic) bond motifs is 1. The number of hydrogen-bond acceptors (Lipinski definition) is 3. The van der Waals surface area contributed by atoms with Crippen molar-refractivity contribution in [2.75, 3.05) is 19.1 Å². The maximum Gasteiger partial charge on any atom is 0.231 e. The fraction of sp³-hybridized carbons (Fsp3) is 0.235. The van der Waals surface area contributed by atoms with Crippen LogP contribution in [0.25, 0.3) is 0 Å². The van der Waals surface area contributed by atoms with Crippen LogP contribution in [0.15, 0.2) is 42.5 Å². The van der Waals surface area contributed by atoms with Gasteiger partial charge in [-0.15, -0.1) is 0 Å². The van der Waals surface area contributed by atoms with E-state index in [4.69, 9.17) is 10.5 Å². The topological polar surface area (TPSA) is 55.6 Å². The molecule has 0 radical (unpaired) electrons. The summed E-state index contributed by atoms with van der Waals surface area (Å²) < 4.78 is 5.24. The SMILES string of the molecule is COc1cccc(C(N)c2ccc3c(c2)CC(=O)N3C)c1. The smallest absolute Gasteiger partial charge is 0.231 e. The number of hydrogen-bond donors (Lipinski definition) is 1.